The van der Waals surface area contributed by atoms with Crippen molar-refractivity contribution in [2.24, 2.45) is 5.73 Å². The number of thiazole rings is 1. The second-order valence-electron chi connectivity index (χ2n) is 5.33. The van der Waals surface area contributed by atoms with Gasteiger partial charge in [0.25, 0.3) is 5.91 Å². The summed E-state index contributed by atoms with van der Waals surface area (Å²) >= 11 is 1.39. The summed E-state index contributed by atoms with van der Waals surface area (Å²) in [7, 11) is 2.03. The fraction of sp³-hybridized carbons (Fsp3) is 0.538. The van der Waals surface area contributed by atoms with Crippen molar-refractivity contribution in [2.45, 2.75) is 25.9 Å². The van der Waals surface area contributed by atoms with Crippen LogP contribution in [0, 0.1) is 0 Å². The molecule has 1 aliphatic heterocycles. The Bertz CT molecular complexity index is 600. The molecule has 9 heteroatoms. The van der Waals surface area contributed by atoms with Gasteiger partial charge in [-0.25, -0.2) is 4.98 Å². The first-order chi connectivity index (χ1) is 10.4. The van der Waals surface area contributed by atoms with Gasteiger partial charge < -0.3 is 21.3 Å². The number of carbonyl (C=O) groups excluding carboxylic acids is 3. The number of nitrogens with two attached hydrogens (primary N) is 1. The number of nitrogens with one attached hydrogen (secondary N) is 2. The first-order valence-corrected chi connectivity index (χ1v) is 7.74. The van der Waals surface area contributed by atoms with Crippen LogP contribution in [0.1, 0.15) is 27.3 Å². The van der Waals surface area contributed by atoms with E-state index in [-0.39, 0.29) is 18.5 Å². The van der Waals surface area contributed by atoms with E-state index in [0.29, 0.717) is 5.01 Å². The molecular formula is C13H19N5O3S. The molecule has 1 atom stereocenters. The Morgan fingerprint density at radius 1 is 1.45 bits per heavy atom. The zero-order valence-corrected chi connectivity index (χ0v) is 13.3. The van der Waals surface area contributed by atoms with Crippen molar-refractivity contribution in [1.29, 1.82) is 0 Å². The van der Waals surface area contributed by atoms with Gasteiger partial charge >= 0.3 is 11.8 Å². The predicted octanol–water partition coefficient (Wildman–Crippen LogP) is -1.15. The summed E-state index contributed by atoms with van der Waals surface area (Å²) in [5.41, 5.74) is 5.82. The van der Waals surface area contributed by atoms with Gasteiger partial charge in [-0.05, 0) is 14.0 Å². The summed E-state index contributed by atoms with van der Waals surface area (Å²) < 4.78 is 0. The minimum absolute atomic E-state index is 0.126. The van der Waals surface area contributed by atoms with E-state index < -0.39 is 11.8 Å². The molecule has 8 nitrogen and oxygen atoms in total. The average molecular weight is 325 g/mol. The second kappa shape index (κ2) is 6.84. The van der Waals surface area contributed by atoms with E-state index in [9.17, 15) is 14.4 Å². The zero-order valence-electron chi connectivity index (χ0n) is 12.5. The van der Waals surface area contributed by atoms with Gasteiger partial charge in [0.2, 0.25) is 0 Å². The van der Waals surface area contributed by atoms with Crippen molar-refractivity contribution < 1.29 is 14.4 Å². The standard InChI is InChI=1S/C13H19N5O3S/c1-7(5-15-11(20)10(14)19)16-12(21)13-17-8-3-4-18(2)6-9(8)22-13/h7H,3-6H2,1-2H3,(H2,14,19)(H,15,20)(H,16,21). The third-order valence-corrected chi connectivity index (χ3v) is 4.37. The molecule has 0 saturated carbocycles. The number of primary amides is 1. The number of aromatic nitrogens is 1. The van der Waals surface area contributed by atoms with Crippen LogP contribution in [0.15, 0.2) is 0 Å². The van der Waals surface area contributed by atoms with Crippen LogP contribution >= 0.6 is 11.3 Å². The number of likely N-dealkylation sites (N-methyl/N-ethyl adjacent to an activating group) is 1. The molecule has 0 radical (unpaired) electrons. The predicted molar refractivity (Wildman–Crippen MR) is 81.3 cm³/mol. The normalized spacial score (nSPS) is 15.7. The lowest BCUT2D eigenvalue weighted by molar-refractivity contribution is -0.137. The van der Waals surface area contributed by atoms with Crippen LogP contribution < -0.4 is 16.4 Å². The fourth-order valence-corrected chi connectivity index (χ4v) is 3.18. The second-order valence-corrected chi connectivity index (χ2v) is 6.41. The molecule has 0 spiro atoms. The van der Waals surface area contributed by atoms with Crippen molar-refractivity contribution in [3.05, 3.63) is 15.6 Å². The van der Waals surface area contributed by atoms with Gasteiger partial charge in [-0.1, -0.05) is 0 Å². The SMILES string of the molecule is CC(CNC(=O)C(N)=O)NC(=O)c1nc2c(s1)CN(C)CC2. The molecule has 1 unspecified atom stereocenters. The molecule has 2 heterocycles. The molecule has 0 aromatic carbocycles. The van der Waals surface area contributed by atoms with Crippen LogP contribution in [-0.4, -0.2) is 53.8 Å². The molecule has 0 saturated heterocycles. The maximum Gasteiger partial charge on any atom is 0.309 e. The Balaban J connectivity index is 1.89. The van der Waals surface area contributed by atoms with Crippen LogP contribution in [0.4, 0.5) is 0 Å². The van der Waals surface area contributed by atoms with Crippen LogP contribution in [0.5, 0.6) is 0 Å². The lowest BCUT2D eigenvalue weighted by atomic mass is 10.2. The van der Waals surface area contributed by atoms with Gasteiger partial charge in [0.15, 0.2) is 5.01 Å². The Morgan fingerprint density at radius 3 is 2.86 bits per heavy atom. The van der Waals surface area contributed by atoms with E-state index in [2.05, 4.69) is 20.5 Å². The van der Waals surface area contributed by atoms with Crippen molar-refractivity contribution in [1.82, 2.24) is 20.5 Å². The molecule has 3 amide bonds. The summed E-state index contributed by atoms with van der Waals surface area (Å²) in [4.78, 5) is 41.5. The summed E-state index contributed by atoms with van der Waals surface area (Å²) in [5, 5.41) is 5.51. The first kappa shape index (κ1) is 16.4. The molecule has 2 rings (SSSR count). The molecule has 1 aromatic rings. The van der Waals surface area contributed by atoms with Gasteiger partial charge in [-0.15, -0.1) is 11.3 Å². The Hall–Kier alpha value is -2.00. The lowest BCUT2D eigenvalue weighted by Crippen LogP contribution is -2.45. The monoisotopic (exact) mass is 325 g/mol. The van der Waals surface area contributed by atoms with Gasteiger partial charge in [0.05, 0.1) is 5.69 Å². The van der Waals surface area contributed by atoms with E-state index >= 15 is 0 Å². The van der Waals surface area contributed by atoms with E-state index in [0.717, 1.165) is 30.1 Å². The van der Waals surface area contributed by atoms with Crippen molar-refractivity contribution in [3.63, 3.8) is 0 Å². The smallest absolute Gasteiger partial charge is 0.309 e. The Morgan fingerprint density at radius 2 is 2.18 bits per heavy atom. The van der Waals surface area contributed by atoms with Crippen LogP contribution in [0.2, 0.25) is 0 Å². The quantitative estimate of drug-likeness (QED) is 0.604. The van der Waals surface area contributed by atoms with Crippen molar-refractivity contribution in [2.75, 3.05) is 20.1 Å². The van der Waals surface area contributed by atoms with E-state index in [1.165, 1.54) is 11.3 Å². The van der Waals surface area contributed by atoms with Gasteiger partial charge in [0.1, 0.15) is 0 Å². The highest BCUT2D eigenvalue weighted by molar-refractivity contribution is 7.13. The number of carbonyl (C=O) groups is 3. The molecule has 120 valence electrons. The summed E-state index contributed by atoms with van der Waals surface area (Å²) in [6.07, 6.45) is 0.847. The van der Waals surface area contributed by atoms with Gasteiger partial charge in [-0.3, -0.25) is 14.4 Å². The Labute approximate surface area is 132 Å². The van der Waals surface area contributed by atoms with Crippen LogP contribution in [0.3, 0.4) is 0 Å². The zero-order chi connectivity index (χ0) is 16.3. The molecule has 0 fully saturated rings. The van der Waals surface area contributed by atoms with Crippen molar-refractivity contribution in [3.8, 4) is 0 Å². The highest BCUT2D eigenvalue weighted by Crippen LogP contribution is 2.24. The van der Waals surface area contributed by atoms with E-state index in [1.54, 1.807) is 6.92 Å². The van der Waals surface area contributed by atoms with Crippen LogP contribution in [-0.2, 0) is 22.6 Å². The first-order valence-electron chi connectivity index (χ1n) is 6.92. The topological polar surface area (TPSA) is 117 Å². The van der Waals surface area contributed by atoms with E-state index in [4.69, 9.17) is 5.73 Å². The molecular weight excluding hydrogens is 306 g/mol. The number of amides is 3. The number of fused-ring (bicyclic) bond motifs is 1. The molecule has 0 bridgehead atoms. The number of hydrogen-bond acceptors (Lipinski definition) is 6. The maximum atomic E-state index is 12.2. The van der Waals surface area contributed by atoms with E-state index in [1.807, 2.05) is 7.05 Å². The number of hydrogen-bond donors (Lipinski definition) is 3. The Kier molecular flexibility index (Phi) is 5.09. The summed E-state index contributed by atoms with van der Waals surface area (Å²) in [6.45, 7) is 3.60. The summed E-state index contributed by atoms with van der Waals surface area (Å²) in [6, 6.07) is -0.334. The van der Waals surface area contributed by atoms with Gasteiger partial charge in [-0.2, -0.15) is 0 Å². The molecule has 0 aliphatic carbocycles. The highest BCUT2D eigenvalue weighted by atomic mass is 32.1. The molecule has 1 aromatic heterocycles. The number of nitrogens with zero attached hydrogens (tertiary/aromatic N) is 2. The molecule has 1 aliphatic rings. The van der Waals surface area contributed by atoms with Gasteiger partial charge in [0, 0.05) is 37.0 Å². The lowest BCUT2D eigenvalue weighted by Gasteiger charge is -2.20. The van der Waals surface area contributed by atoms with Crippen molar-refractivity contribution >= 4 is 29.1 Å². The largest absolute Gasteiger partial charge is 0.361 e. The molecule has 4 N–H and O–H groups in total. The molecule has 22 heavy (non-hydrogen) atoms. The average Bonchev–Trinajstić information content (AvgIpc) is 2.87. The third-order valence-electron chi connectivity index (χ3n) is 3.29. The highest BCUT2D eigenvalue weighted by Gasteiger charge is 2.22. The minimum Gasteiger partial charge on any atom is -0.361 e. The maximum absolute atomic E-state index is 12.2. The minimum atomic E-state index is -1.05. The van der Waals surface area contributed by atoms with Crippen LogP contribution in [0.25, 0.3) is 0 Å². The summed E-state index contributed by atoms with van der Waals surface area (Å²) in [5.74, 6) is -2.19. The number of rotatable bonds is 4. The third kappa shape index (κ3) is 4.01. The fourth-order valence-electron chi connectivity index (χ4n) is 2.09.